The van der Waals surface area contributed by atoms with Crippen molar-refractivity contribution >= 4 is 0 Å². The van der Waals surface area contributed by atoms with Gasteiger partial charge in [-0.05, 0) is 31.7 Å². The van der Waals surface area contributed by atoms with Gasteiger partial charge in [0.15, 0.2) is 0 Å². The molecule has 1 rings (SSSR count). The molecule has 0 saturated carbocycles. The maximum atomic E-state index is 4.32. The number of hydrogen-bond donors (Lipinski definition) is 0. The van der Waals surface area contributed by atoms with Gasteiger partial charge in [-0.1, -0.05) is 13.8 Å². The molecule has 1 aromatic rings. The summed E-state index contributed by atoms with van der Waals surface area (Å²) in [5, 5.41) is 0. The fraction of sp³-hybridized carbons (Fsp3) is 0.600. The second-order valence-corrected chi connectivity index (χ2v) is 3.63. The Hall–Kier alpha value is -0.920. The molecule has 0 fully saturated rings. The van der Waals surface area contributed by atoms with E-state index in [1.807, 2.05) is 20.0 Å². The first kappa shape index (κ1) is 9.17. The van der Waals surface area contributed by atoms with Gasteiger partial charge in [0.1, 0.15) is 5.82 Å². The van der Waals surface area contributed by atoms with Crippen molar-refractivity contribution in [3.8, 4) is 0 Å². The Morgan fingerprint density at radius 2 is 2.00 bits per heavy atom. The standard InChI is InChI=1S/C10H16N2/c1-7(2)5-10-6-11-9(4)12-8(10)3/h6-7H,5H2,1-4H3. The molecule has 12 heavy (non-hydrogen) atoms. The van der Waals surface area contributed by atoms with Crippen LogP contribution in [0.3, 0.4) is 0 Å². The van der Waals surface area contributed by atoms with Gasteiger partial charge >= 0.3 is 0 Å². The quantitative estimate of drug-likeness (QED) is 0.670. The van der Waals surface area contributed by atoms with Crippen LogP contribution in [-0.2, 0) is 6.42 Å². The molecular formula is C10H16N2. The molecule has 0 unspecified atom stereocenters. The van der Waals surface area contributed by atoms with E-state index < -0.39 is 0 Å². The van der Waals surface area contributed by atoms with Crippen molar-refractivity contribution in [3.63, 3.8) is 0 Å². The molecule has 2 heteroatoms. The van der Waals surface area contributed by atoms with E-state index in [-0.39, 0.29) is 0 Å². The fourth-order valence-electron chi connectivity index (χ4n) is 1.25. The van der Waals surface area contributed by atoms with Crippen LogP contribution in [0.4, 0.5) is 0 Å². The van der Waals surface area contributed by atoms with Crippen LogP contribution in [0.5, 0.6) is 0 Å². The van der Waals surface area contributed by atoms with E-state index in [4.69, 9.17) is 0 Å². The monoisotopic (exact) mass is 164 g/mol. The molecule has 1 heterocycles. The molecule has 66 valence electrons. The van der Waals surface area contributed by atoms with Gasteiger partial charge in [0.25, 0.3) is 0 Å². The van der Waals surface area contributed by atoms with Crippen LogP contribution in [0.15, 0.2) is 6.20 Å². The normalized spacial score (nSPS) is 10.8. The lowest BCUT2D eigenvalue weighted by atomic mass is 10.0. The van der Waals surface area contributed by atoms with Crippen molar-refractivity contribution in [1.29, 1.82) is 0 Å². The first-order valence-electron chi connectivity index (χ1n) is 4.38. The van der Waals surface area contributed by atoms with E-state index in [1.165, 1.54) is 5.56 Å². The van der Waals surface area contributed by atoms with Gasteiger partial charge in [0, 0.05) is 11.9 Å². The summed E-state index contributed by atoms with van der Waals surface area (Å²) in [6.45, 7) is 8.39. The van der Waals surface area contributed by atoms with Gasteiger partial charge in [0.2, 0.25) is 0 Å². The number of aryl methyl sites for hydroxylation is 2. The van der Waals surface area contributed by atoms with Crippen LogP contribution in [0, 0.1) is 19.8 Å². The largest absolute Gasteiger partial charge is 0.241 e. The Morgan fingerprint density at radius 3 is 2.50 bits per heavy atom. The first-order valence-corrected chi connectivity index (χ1v) is 4.38. The van der Waals surface area contributed by atoms with Gasteiger partial charge in [0.05, 0.1) is 0 Å². The predicted octanol–water partition coefficient (Wildman–Crippen LogP) is 2.29. The van der Waals surface area contributed by atoms with Gasteiger partial charge in [-0.2, -0.15) is 0 Å². The van der Waals surface area contributed by atoms with Crippen LogP contribution in [0.1, 0.15) is 30.9 Å². The van der Waals surface area contributed by atoms with Gasteiger partial charge in [-0.25, -0.2) is 9.97 Å². The SMILES string of the molecule is Cc1ncc(CC(C)C)c(C)n1. The summed E-state index contributed by atoms with van der Waals surface area (Å²) in [6.07, 6.45) is 3.02. The van der Waals surface area contributed by atoms with Crippen molar-refractivity contribution in [2.24, 2.45) is 5.92 Å². The molecule has 0 aliphatic carbocycles. The average Bonchev–Trinajstić information content (AvgIpc) is 1.94. The third-order valence-corrected chi connectivity index (χ3v) is 1.83. The molecule has 1 aromatic heterocycles. The second kappa shape index (κ2) is 3.65. The second-order valence-electron chi connectivity index (χ2n) is 3.63. The molecule has 0 aliphatic rings. The maximum absolute atomic E-state index is 4.32. The highest BCUT2D eigenvalue weighted by atomic mass is 14.9. The van der Waals surface area contributed by atoms with Gasteiger partial charge in [-0.15, -0.1) is 0 Å². The lowest BCUT2D eigenvalue weighted by Crippen LogP contribution is -2.01. The zero-order valence-corrected chi connectivity index (χ0v) is 8.26. The smallest absolute Gasteiger partial charge is 0.125 e. The molecular weight excluding hydrogens is 148 g/mol. The summed E-state index contributed by atoms with van der Waals surface area (Å²) in [5.74, 6) is 1.54. The summed E-state index contributed by atoms with van der Waals surface area (Å²) in [5.41, 5.74) is 2.40. The summed E-state index contributed by atoms with van der Waals surface area (Å²) in [7, 11) is 0. The molecule has 0 bridgehead atoms. The zero-order chi connectivity index (χ0) is 9.14. The Bertz CT molecular complexity index is 267. The van der Waals surface area contributed by atoms with Crippen LogP contribution >= 0.6 is 0 Å². The number of hydrogen-bond acceptors (Lipinski definition) is 2. The van der Waals surface area contributed by atoms with Crippen LogP contribution in [0.2, 0.25) is 0 Å². The van der Waals surface area contributed by atoms with Gasteiger partial charge in [-0.3, -0.25) is 0 Å². The van der Waals surface area contributed by atoms with E-state index in [9.17, 15) is 0 Å². The third-order valence-electron chi connectivity index (χ3n) is 1.83. The summed E-state index contributed by atoms with van der Waals surface area (Å²) in [6, 6.07) is 0. The molecule has 0 saturated heterocycles. The fourth-order valence-corrected chi connectivity index (χ4v) is 1.25. The van der Waals surface area contributed by atoms with E-state index >= 15 is 0 Å². The Morgan fingerprint density at radius 1 is 1.33 bits per heavy atom. The van der Waals surface area contributed by atoms with E-state index in [2.05, 4.69) is 23.8 Å². The maximum Gasteiger partial charge on any atom is 0.125 e. The summed E-state index contributed by atoms with van der Waals surface area (Å²) < 4.78 is 0. The molecule has 0 aromatic carbocycles. The molecule has 0 radical (unpaired) electrons. The lowest BCUT2D eigenvalue weighted by molar-refractivity contribution is 0.639. The van der Waals surface area contributed by atoms with E-state index in [1.54, 1.807) is 0 Å². The highest BCUT2D eigenvalue weighted by Gasteiger charge is 2.02. The topological polar surface area (TPSA) is 25.8 Å². The molecule has 0 spiro atoms. The van der Waals surface area contributed by atoms with Crippen molar-refractivity contribution < 1.29 is 0 Å². The minimum Gasteiger partial charge on any atom is -0.241 e. The third kappa shape index (κ3) is 2.29. The molecule has 0 atom stereocenters. The minimum absolute atomic E-state index is 0.676. The van der Waals surface area contributed by atoms with E-state index in [0.29, 0.717) is 5.92 Å². The molecule has 0 amide bonds. The minimum atomic E-state index is 0.676. The highest BCUT2D eigenvalue weighted by Crippen LogP contribution is 2.09. The molecule has 0 aliphatic heterocycles. The van der Waals surface area contributed by atoms with E-state index in [0.717, 1.165) is 17.9 Å². The zero-order valence-electron chi connectivity index (χ0n) is 8.26. The van der Waals surface area contributed by atoms with Crippen molar-refractivity contribution in [2.75, 3.05) is 0 Å². The van der Waals surface area contributed by atoms with Crippen LogP contribution in [-0.4, -0.2) is 9.97 Å². The van der Waals surface area contributed by atoms with Gasteiger partial charge < -0.3 is 0 Å². The predicted molar refractivity (Wildman–Crippen MR) is 50.0 cm³/mol. The summed E-state index contributed by atoms with van der Waals surface area (Å²) >= 11 is 0. The summed E-state index contributed by atoms with van der Waals surface area (Å²) in [4.78, 5) is 8.50. The van der Waals surface area contributed by atoms with Crippen LogP contribution < -0.4 is 0 Å². The highest BCUT2D eigenvalue weighted by molar-refractivity contribution is 5.16. The molecule has 0 N–H and O–H groups in total. The Labute approximate surface area is 74.1 Å². The average molecular weight is 164 g/mol. The Balaban J connectivity index is 2.86. The van der Waals surface area contributed by atoms with Crippen molar-refractivity contribution in [1.82, 2.24) is 9.97 Å². The Kier molecular flexibility index (Phi) is 2.79. The lowest BCUT2D eigenvalue weighted by Gasteiger charge is -2.07. The van der Waals surface area contributed by atoms with Crippen LogP contribution in [0.25, 0.3) is 0 Å². The number of rotatable bonds is 2. The van der Waals surface area contributed by atoms with Crippen molar-refractivity contribution in [2.45, 2.75) is 34.1 Å². The van der Waals surface area contributed by atoms with Crippen molar-refractivity contribution in [3.05, 3.63) is 23.3 Å². The molecule has 2 nitrogen and oxygen atoms in total. The number of nitrogens with zero attached hydrogens (tertiary/aromatic N) is 2. The number of aromatic nitrogens is 2. The first-order chi connectivity index (χ1) is 5.59.